The van der Waals surface area contributed by atoms with Crippen molar-refractivity contribution in [1.82, 2.24) is 0 Å². The predicted octanol–water partition coefficient (Wildman–Crippen LogP) is 22.4. The molecule has 0 rings (SSSR count). The molecule has 1 atom stereocenters. The van der Waals surface area contributed by atoms with Gasteiger partial charge in [-0.25, -0.2) is 0 Å². The van der Waals surface area contributed by atoms with E-state index >= 15 is 0 Å². The van der Waals surface area contributed by atoms with Crippen LogP contribution in [0.1, 0.15) is 316 Å². The van der Waals surface area contributed by atoms with Crippen LogP contribution in [-0.4, -0.2) is 37.2 Å². The molecule has 1 unspecified atom stereocenters. The maximum atomic E-state index is 12.9. The van der Waals surface area contributed by atoms with Crippen LogP contribution in [0.15, 0.2) is 97.2 Å². The second kappa shape index (κ2) is 64.9. The summed E-state index contributed by atoms with van der Waals surface area (Å²) in [6.45, 7) is 6.48. The minimum atomic E-state index is -0.776. The molecule has 0 aliphatic heterocycles. The van der Waals surface area contributed by atoms with E-state index in [2.05, 4.69) is 118 Å². The Morgan fingerprint density at radius 1 is 0.273 bits per heavy atom. The van der Waals surface area contributed by atoms with Gasteiger partial charge in [0.1, 0.15) is 13.2 Å². The molecule has 0 aliphatic carbocycles. The number of ether oxygens (including phenoxy) is 3. The van der Waals surface area contributed by atoms with E-state index in [0.717, 1.165) is 103 Å². The Morgan fingerprint density at radius 3 is 0.818 bits per heavy atom. The van der Waals surface area contributed by atoms with Gasteiger partial charge in [-0.3, -0.25) is 14.4 Å². The van der Waals surface area contributed by atoms with Crippen molar-refractivity contribution >= 4 is 17.9 Å². The van der Waals surface area contributed by atoms with Crippen molar-refractivity contribution in [2.45, 2.75) is 322 Å². The molecule has 6 heteroatoms. The fraction of sp³-hybridized carbons (Fsp3) is 0.732. The third kappa shape index (κ3) is 63.0. The fourth-order valence-corrected chi connectivity index (χ4v) is 9.18. The standard InChI is InChI=1S/C71H122O6/c1-4-7-10-13-16-18-20-22-24-26-28-29-30-31-32-33-34-35-36-37-38-39-40-41-43-44-46-48-50-52-55-58-61-64-70(73)76-67-68(66-75-69(72)63-60-57-54-15-12-9-6-3)77-71(74)65-62-59-56-53-51-49-47-45-42-27-25-23-21-19-17-14-11-8-5-2/h7,10,16-19,22-25,28-29,31-32,34-35,68H,4-6,8-9,11-15,20-21,26-27,30,33,36-67H2,1-3H3/b10-7-,18-16-,19-17-,24-22-,25-23-,29-28-,32-31-,35-34-. The van der Waals surface area contributed by atoms with Crippen molar-refractivity contribution in [3.8, 4) is 0 Å². The van der Waals surface area contributed by atoms with Gasteiger partial charge in [0.25, 0.3) is 0 Å². The highest BCUT2D eigenvalue weighted by atomic mass is 16.6. The zero-order valence-electron chi connectivity index (χ0n) is 50.7. The quantitative estimate of drug-likeness (QED) is 0.0261. The van der Waals surface area contributed by atoms with E-state index in [0.29, 0.717) is 19.3 Å². The lowest BCUT2D eigenvalue weighted by molar-refractivity contribution is -0.167. The molecule has 0 fully saturated rings. The molecule has 0 saturated carbocycles. The summed E-state index contributed by atoms with van der Waals surface area (Å²) in [5.74, 6) is -0.877. The van der Waals surface area contributed by atoms with Crippen LogP contribution < -0.4 is 0 Å². The summed E-state index contributed by atoms with van der Waals surface area (Å²) in [4.78, 5) is 38.1. The van der Waals surface area contributed by atoms with Gasteiger partial charge in [0.2, 0.25) is 0 Å². The van der Waals surface area contributed by atoms with Gasteiger partial charge in [0.05, 0.1) is 0 Å². The number of unbranched alkanes of at least 4 members (excludes halogenated alkanes) is 32. The lowest BCUT2D eigenvalue weighted by Crippen LogP contribution is -2.30. The van der Waals surface area contributed by atoms with Crippen LogP contribution in [0.25, 0.3) is 0 Å². The Morgan fingerprint density at radius 2 is 0.506 bits per heavy atom. The lowest BCUT2D eigenvalue weighted by Gasteiger charge is -2.18. The van der Waals surface area contributed by atoms with Crippen LogP contribution in [0.4, 0.5) is 0 Å². The molecule has 0 spiro atoms. The molecule has 0 heterocycles. The predicted molar refractivity (Wildman–Crippen MR) is 334 cm³/mol. The van der Waals surface area contributed by atoms with E-state index in [4.69, 9.17) is 14.2 Å². The SMILES string of the molecule is CC/C=C\C/C=C\C/C=C\C/C=C\C/C=C\C/C=C\CCCCCCCCCCCCCCCCC(=O)OCC(COC(=O)CCCCCCCCC)OC(=O)CCCCCCCCCCC/C=C\C/C=C\CCCCC. The Labute approximate surface area is 477 Å². The summed E-state index contributed by atoms with van der Waals surface area (Å²) in [5, 5.41) is 0. The molecule has 0 aromatic heterocycles. The van der Waals surface area contributed by atoms with Gasteiger partial charge in [-0.05, 0) is 103 Å². The van der Waals surface area contributed by atoms with E-state index in [9.17, 15) is 14.4 Å². The number of hydrogen-bond donors (Lipinski definition) is 0. The average molecular weight is 1070 g/mol. The molecule has 6 nitrogen and oxygen atoms in total. The average Bonchev–Trinajstić information content (AvgIpc) is 3.43. The zero-order chi connectivity index (χ0) is 55.7. The highest BCUT2D eigenvalue weighted by Gasteiger charge is 2.19. The zero-order valence-corrected chi connectivity index (χ0v) is 50.7. The first-order valence-corrected chi connectivity index (χ1v) is 32.7. The monoisotopic (exact) mass is 1070 g/mol. The molecule has 0 amide bonds. The van der Waals surface area contributed by atoms with E-state index in [-0.39, 0.29) is 31.1 Å². The maximum Gasteiger partial charge on any atom is 0.306 e. The second-order valence-corrected chi connectivity index (χ2v) is 21.6. The number of rotatable bonds is 59. The molecule has 77 heavy (non-hydrogen) atoms. The Bertz CT molecular complexity index is 1510. The normalized spacial score (nSPS) is 12.7. The van der Waals surface area contributed by atoms with Crippen molar-refractivity contribution in [3.63, 3.8) is 0 Å². The minimum absolute atomic E-state index is 0.0759. The van der Waals surface area contributed by atoms with Crippen LogP contribution in [0.5, 0.6) is 0 Å². The molecular weight excluding hydrogens is 949 g/mol. The van der Waals surface area contributed by atoms with Crippen molar-refractivity contribution in [1.29, 1.82) is 0 Å². The molecule has 442 valence electrons. The highest BCUT2D eigenvalue weighted by molar-refractivity contribution is 5.71. The number of allylic oxidation sites excluding steroid dienone is 16. The topological polar surface area (TPSA) is 78.9 Å². The second-order valence-electron chi connectivity index (χ2n) is 21.6. The first-order chi connectivity index (χ1) is 38.0. The molecule has 0 bridgehead atoms. The molecule has 0 saturated heterocycles. The molecule has 0 radical (unpaired) electrons. The number of carbonyl (C=O) groups is 3. The van der Waals surface area contributed by atoms with Gasteiger partial charge >= 0.3 is 17.9 Å². The first kappa shape index (κ1) is 73.3. The number of carbonyl (C=O) groups excluding carboxylic acids is 3. The van der Waals surface area contributed by atoms with Gasteiger partial charge in [-0.15, -0.1) is 0 Å². The van der Waals surface area contributed by atoms with Crippen LogP contribution in [0.3, 0.4) is 0 Å². The summed E-state index contributed by atoms with van der Waals surface area (Å²) >= 11 is 0. The van der Waals surface area contributed by atoms with E-state index in [1.807, 2.05) is 0 Å². The van der Waals surface area contributed by atoms with Gasteiger partial charge in [0.15, 0.2) is 6.10 Å². The Hall–Kier alpha value is -3.67. The molecular formula is C71H122O6. The van der Waals surface area contributed by atoms with Gasteiger partial charge in [-0.1, -0.05) is 291 Å². The molecule has 0 N–H and O–H groups in total. The van der Waals surface area contributed by atoms with Crippen molar-refractivity contribution < 1.29 is 28.6 Å². The summed E-state index contributed by atoms with van der Waals surface area (Å²) in [6, 6.07) is 0. The van der Waals surface area contributed by atoms with Gasteiger partial charge in [0, 0.05) is 19.3 Å². The summed E-state index contributed by atoms with van der Waals surface area (Å²) in [6.07, 6.45) is 87.3. The van der Waals surface area contributed by atoms with Crippen molar-refractivity contribution in [3.05, 3.63) is 97.2 Å². The van der Waals surface area contributed by atoms with E-state index in [1.165, 1.54) is 173 Å². The third-order valence-electron chi connectivity index (χ3n) is 14.1. The largest absolute Gasteiger partial charge is 0.462 e. The van der Waals surface area contributed by atoms with Gasteiger partial charge < -0.3 is 14.2 Å². The van der Waals surface area contributed by atoms with Crippen molar-refractivity contribution in [2.75, 3.05) is 13.2 Å². The Kier molecular flexibility index (Phi) is 61.8. The van der Waals surface area contributed by atoms with E-state index < -0.39 is 6.10 Å². The highest BCUT2D eigenvalue weighted by Crippen LogP contribution is 2.16. The molecule has 0 aromatic rings. The first-order valence-electron chi connectivity index (χ1n) is 32.7. The fourth-order valence-electron chi connectivity index (χ4n) is 9.18. The molecule has 0 aromatic carbocycles. The summed E-state index contributed by atoms with van der Waals surface area (Å²) < 4.78 is 16.8. The van der Waals surface area contributed by atoms with Crippen LogP contribution in [0, 0.1) is 0 Å². The number of esters is 3. The number of hydrogen-bond acceptors (Lipinski definition) is 6. The van der Waals surface area contributed by atoms with E-state index in [1.54, 1.807) is 0 Å². The third-order valence-corrected chi connectivity index (χ3v) is 14.1. The van der Waals surface area contributed by atoms with Crippen LogP contribution >= 0.6 is 0 Å². The maximum absolute atomic E-state index is 12.9. The minimum Gasteiger partial charge on any atom is -0.462 e. The Balaban J connectivity index is 4.07. The molecule has 0 aliphatic rings. The van der Waals surface area contributed by atoms with Crippen LogP contribution in [0.2, 0.25) is 0 Å². The lowest BCUT2D eigenvalue weighted by atomic mass is 10.0. The summed E-state index contributed by atoms with van der Waals surface area (Å²) in [7, 11) is 0. The summed E-state index contributed by atoms with van der Waals surface area (Å²) in [5.41, 5.74) is 0. The van der Waals surface area contributed by atoms with Crippen LogP contribution in [-0.2, 0) is 28.6 Å². The van der Waals surface area contributed by atoms with Crippen molar-refractivity contribution in [2.24, 2.45) is 0 Å². The van der Waals surface area contributed by atoms with Gasteiger partial charge in [-0.2, -0.15) is 0 Å². The smallest absolute Gasteiger partial charge is 0.306 e.